The number of sulfonamides is 1. The molecule has 208 valence electrons. The first-order valence-corrected chi connectivity index (χ1v) is 14.8. The zero-order valence-electron chi connectivity index (χ0n) is 22.2. The molecule has 0 aromatic heterocycles. The second kappa shape index (κ2) is 13.6. The summed E-state index contributed by atoms with van der Waals surface area (Å²) in [6.07, 6.45) is 1.90. The lowest BCUT2D eigenvalue weighted by Crippen LogP contribution is -2.53. The summed E-state index contributed by atoms with van der Waals surface area (Å²) in [5.74, 6) is -1.63. The van der Waals surface area contributed by atoms with Crippen molar-refractivity contribution in [3.05, 3.63) is 100 Å². The molecule has 3 aromatic rings. The molecule has 0 fully saturated rings. The van der Waals surface area contributed by atoms with Crippen LogP contribution >= 0.6 is 11.6 Å². The summed E-state index contributed by atoms with van der Waals surface area (Å²) in [5, 5.41) is 2.62. The molecular formula is C29H33ClFN3O4S. The van der Waals surface area contributed by atoms with E-state index in [4.69, 9.17) is 11.6 Å². The van der Waals surface area contributed by atoms with Gasteiger partial charge in [-0.3, -0.25) is 13.9 Å². The minimum absolute atomic E-state index is 0.0446. The number of nitrogens with zero attached hydrogens (tertiary/aromatic N) is 2. The van der Waals surface area contributed by atoms with Crippen LogP contribution in [-0.2, 0) is 32.6 Å². The van der Waals surface area contributed by atoms with Crippen LogP contribution in [0.4, 0.5) is 10.1 Å². The van der Waals surface area contributed by atoms with Crippen molar-refractivity contribution >= 4 is 39.1 Å². The van der Waals surface area contributed by atoms with Crippen molar-refractivity contribution in [1.29, 1.82) is 0 Å². The van der Waals surface area contributed by atoms with Crippen molar-refractivity contribution in [2.45, 2.75) is 39.3 Å². The fourth-order valence-electron chi connectivity index (χ4n) is 4.14. The van der Waals surface area contributed by atoms with Gasteiger partial charge in [-0.1, -0.05) is 73.1 Å². The zero-order chi connectivity index (χ0) is 28.6. The van der Waals surface area contributed by atoms with Gasteiger partial charge in [0.2, 0.25) is 21.8 Å². The summed E-state index contributed by atoms with van der Waals surface area (Å²) in [5.41, 5.74) is 2.64. The van der Waals surface area contributed by atoms with Crippen molar-refractivity contribution in [3.63, 3.8) is 0 Å². The lowest BCUT2D eigenvalue weighted by atomic mass is 10.0. The maximum Gasteiger partial charge on any atom is 0.244 e. The Morgan fingerprint density at radius 3 is 2.31 bits per heavy atom. The predicted octanol–water partition coefficient (Wildman–Crippen LogP) is 4.72. The third-order valence-electron chi connectivity index (χ3n) is 6.29. The van der Waals surface area contributed by atoms with E-state index in [-0.39, 0.29) is 29.6 Å². The largest absolute Gasteiger partial charge is 0.354 e. The molecule has 1 N–H and O–H groups in total. The van der Waals surface area contributed by atoms with E-state index in [2.05, 4.69) is 5.32 Å². The van der Waals surface area contributed by atoms with E-state index in [1.54, 1.807) is 0 Å². The van der Waals surface area contributed by atoms with Crippen molar-refractivity contribution in [2.24, 2.45) is 0 Å². The Bertz CT molecular complexity index is 1400. The van der Waals surface area contributed by atoms with Crippen LogP contribution in [0, 0.1) is 12.7 Å². The summed E-state index contributed by atoms with van der Waals surface area (Å²) in [6.45, 7) is 3.76. The average Bonchev–Trinajstić information content (AvgIpc) is 2.90. The number of rotatable bonds is 12. The quantitative estimate of drug-likeness (QED) is 0.340. The third-order valence-corrected chi connectivity index (χ3v) is 7.72. The Kier molecular flexibility index (Phi) is 10.5. The van der Waals surface area contributed by atoms with E-state index in [1.165, 1.54) is 11.0 Å². The van der Waals surface area contributed by atoms with Gasteiger partial charge < -0.3 is 10.2 Å². The van der Waals surface area contributed by atoms with Crippen LogP contribution in [0.2, 0.25) is 5.02 Å². The second-order valence-corrected chi connectivity index (χ2v) is 11.6. The lowest BCUT2D eigenvalue weighted by molar-refractivity contribution is -0.140. The van der Waals surface area contributed by atoms with Gasteiger partial charge in [-0.25, -0.2) is 12.8 Å². The number of hydrogen-bond acceptors (Lipinski definition) is 4. The predicted molar refractivity (Wildman–Crippen MR) is 153 cm³/mol. The number of benzene rings is 3. The van der Waals surface area contributed by atoms with Gasteiger partial charge in [0.05, 0.1) is 17.0 Å². The topological polar surface area (TPSA) is 86.8 Å². The Balaban J connectivity index is 2.06. The molecule has 0 heterocycles. The molecule has 3 rings (SSSR count). The molecule has 10 heteroatoms. The van der Waals surface area contributed by atoms with E-state index in [9.17, 15) is 22.4 Å². The highest BCUT2D eigenvalue weighted by atomic mass is 35.5. The molecule has 0 radical (unpaired) electrons. The molecule has 0 spiro atoms. The number of carbonyl (C=O) groups excluding carboxylic acids is 2. The van der Waals surface area contributed by atoms with Gasteiger partial charge in [0.15, 0.2) is 0 Å². The molecule has 2 amide bonds. The minimum atomic E-state index is -3.97. The molecular weight excluding hydrogens is 541 g/mol. The SMILES string of the molecule is CCCNC(=O)[C@@H](Cc1ccccc1)N(Cc1ccccc1C)C(=O)CN(c1ccc(F)c(Cl)c1)S(C)(=O)=O. The van der Waals surface area contributed by atoms with Crippen molar-refractivity contribution in [3.8, 4) is 0 Å². The molecule has 0 bridgehead atoms. The first kappa shape index (κ1) is 30.1. The molecule has 7 nitrogen and oxygen atoms in total. The lowest BCUT2D eigenvalue weighted by Gasteiger charge is -2.34. The molecule has 0 aliphatic carbocycles. The van der Waals surface area contributed by atoms with Crippen molar-refractivity contribution in [1.82, 2.24) is 10.2 Å². The van der Waals surface area contributed by atoms with Crippen LogP contribution in [0.1, 0.15) is 30.0 Å². The number of aryl methyl sites for hydroxylation is 1. The fraction of sp³-hybridized carbons (Fsp3) is 0.310. The van der Waals surface area contributed by atoms with Gasteiger partial charge >= 0.3 is 0 Å². The molecule has 0 unspecified atom stereocenters. The van der Waals surface area contributed by atoms with Gasteiger partial charge in [0, 0.05) is 19.5 Å². The van der Waals surface area contributed by atoms with Gasteiger partial charge in [-0.15, -0.1) is 0 Å². The fourth-order valence-corrected chi connectivity index (χ4v) is 5.16. The highest BCUT2D eigenvalue weighted by Gasteiger charge is 2.33. The second-order valence-electron chi connectivity index (χ2n) is 9.31. The Labute approximate surface area is 234 Å². The highest BCUT2D eigenvalue weighted by molar-refractivity contribution is 7.92. The number of anilines is 1. The number of hydrogen-bond donors (Lipinski definition) is 1. The number of amides is 2. The molecule has 39 heavy (non-hydrogen) atoms. The molecule has 0 saturated heterocycles. The maximum absolute atomic E-state index is 14.0. The summed E-state index contributed by atoms with van der Waals surface area (Å²) in [7, 11) is -3.97. The summed E-state index contributed by atoms with van der Waals surface area (Å²) >= 11 is 5.92. The van der Waals surface area contributed by atoms with E-state index in [1.807, 2.05) is 68.4 Å². The molecule has 1 atom stereocenters. The highest BCUT2D eigenvalue weighted by Crippen LogP contribution is 2.25. The standard InChI is InChI=1S/C29H33ClFN3O4S/c1-4-16-32-29(36)27(17-22-11-6-5-7-12-22)33(19-23-13-9-8-10-21(23)2)28(35)20-34(39(3,37)38)24-14-15-26(31)25(30)18-24/h5-15,18,27H,4,16-17,19-20H2,1-3H3,(H,32,36)/t27-/m1/s1. The van der Waals surface area contributed by atoms with Crippen molar-refractivity contribution < 1.29 is 22.4 Å². The average molecular weight is 574 g/mol. The Morgan fingerprint density at radius 1 is 1.03 bits per heavy atom. The van der Waals surface area contributed by atoms with Gasteiger partial charge in [0.25, 0.3) is 0 Å². The van der Waals surface area contributed by atoms with Crippen LogP contribution in [0.3, 0.4) is 0 Å². The summed E-state index contributed by atoms with van der Waals surface area (Å²) < 4.78 is 40.2. The van der Waals surface area contributed by atoms with Crippen LogP contribution in [-0.4, -0.2) is 50.5 Å². The van der Waals surface area contributed by atoms with Crippen LogP contribution in [0.25, 0.3) is 0 Å². The Hall–Kier alpha value is -3.43. The van der Waals surface area contributed by atoms with Crippen molar-refractivity contribution in [2.75, 3.05) is 23.7 Å². The molecule has 0 aliphatic heterocycles. The Morgan fingerprint density at radius 2 is 1.69 bits per heavy atom. The molecule has 0 aliphatic rings. The number of carbonyl (C=O) groups is 2. The minimum Gasteiger partial charge on any atom is -0.354 e. The number of nitrogens with one attached hydrogen (secondary N) is 1. The molecule has 3 aromatic carbocycles. The number of halogens is 2. The van der Waals surface area contributed by atoms with Gasteiger partial charge in [0.1, 0.15) is 18.4 Å². The maximum atomic E-state index is 14.0. The summed E-state index contributed by atoms with van der Waals surface area (Å²) in [6, 6.07) is 19.4. The van der Waals surface area contributed by atoms with Gasteiger partial charge in [-0.05, 0) is 48.2 Å². The van der Waals surface area contributed by atoms with E-state index >= 15 is 0 Å². The zero-order valence-corrected chi connectivity index (χ0v) is 23.8. The summed E-state index contributed by atoms with van der Waals surface area (Å²) in [4.78, 5) is 28.9. The van der Waals surface area contributed by atoms with Crippen LogP contribution in [0.5, 0.6) is 0 Å². The first-order chi connectivity index (χ1) is 18.5. The first-order valence-electron chi connectivity index (χ1n) is 12.6. The monoisotopic (exact) mass is 573 g/mol. The third kappa shape index (κ3) is 8.28. The van der Waals surface area contributed by atoms with E-state index in [0.29, 0.717) is 13.0 Å². The van der Waals surface area contributed by atoms with Crippen LogP contribution < -0.4 is 9.62 Å². The van der Waals surface area contributed by atoms with Crippen LogP contribution in [0.15, 0.2) is 72.8 Å². The van der Waals surface area contributed by atoms with E-state index in [0.717, 1.165) is 39.4 Å². The smallest absolute Gasteiger partial charge is 0.244 e. The molecule has 0 saturated carbocycles. The van der Waals surface area contributed by atoms with Gasteiger partial charge in [-0.2, -0.15) is 0 Å². The van der Waals surface area contributed by atoms with E-state index < -0.39 is 34.3 Å². The normalized spacial score (nSPS) is 12.0.